The van der Waals surface area contributed by atoms with Gasteiger partial charge in [0.25, 0.3) is 15.9 Å². The molecule has 0 aliphatic rings. The molecule has 0 fully saturated rings. The highest BCUT2D eigenvalue weighted by Gasteiger charge is 2.20. The minimum absolute atomic E-state index is 0.00667. The molecule has 158 valence electrons. The standard InChI is InChI=1S/C22H15N5O3S2/c23-12-15-5-4-8-17(11-15)32(29,30)27-19-13-24-10-9-18(19)21(28)26-22-25-20(14-31-22)16-6-2-1-3-7-16/h1-11,13-14,27H,(H,25,26,28). The smallest absolute Gasteiger partial charge is 0.262 e. The number of anilines is 2. The van der Waals surface area contributed by atoms with Gasteiger partial charge < -0.3 is 0 Å². The van der Waals surface area contributed by atoms with Gasteiger partial charge in [0, 0.05) is 17.1 Å². The average Bonchev–Trinajstić information content (AvgIpc) is 3.28. The van der Waals surface area contributed by atoms with Gasteiger partial charge in [0.2, 0.25) is 0 Å². The lowest BCUT2D eigenvalue weighted by Crippen LogP contribution is -2.19. The third-order valence-electron chi connectivity index (χ3n) is 4.38. The van der Waals surface area contributed by atoms with E-state index in [0.717, 1.165) is 11.3 Å². The lowest BCUT2D eigenvalue weighted by molar-refractivity contribution is 0.102. The summed E-state index contributed by atoms with van der Waals surface area (Å²) >= 11 is 1.26. The molecule has 4 rings (SSSR count). The van der Waals surface area contributed by atoms with Gasteiger partial charge >= 0.3 is 0 Å². The molecule has 0 saturated heterocycles. The first-order chi connectivity index (χ1) is 15.5. The minimum Gasteiger partial charge on any atom is -0.298 e. The van der Waals surface area contributed by atoms with E-state index in [2.05, 4.69) is 20.0 Å². The van der Waals surface area contributed by atoms with Gasteiger partial charge in [-0.15, -0.1) is 11.3 Å². The maximum atomic E-state index is 12.9. The fraction of sp³-hybridized carbons (Fsp3) is 0. The molecule has 4 aromatic rings. The number of nitrogens with zero attached hydrogens (tertiary/aromatic N) is 3. The zero-order valence-corrected chi connectivity index (χ0v) is 18.0. The molecule has 2 aromatic carbocycles. The summed E-state index contributed by atoms with van der Waals surface area (Å²) in [5.74, 6) is -0.537. The number of aromatic nitrogens is 2. The van der Waals surface area contributed by atoms with Crippen molar-refractivity contribution in [3.8, 4) is 17.3 Å². The molecule has 8 nitrogen and oxygen atoms in total. The topological polar surface area (TPSA) is 125 Å². The molecule has 32 heavy (non-hydrogen) atoms. The molecule has 2 aromatic heterocycles. The average molecular weight is 462 g/mol. The number of carbonyl (C=O) groups excluding carboxylic acids is 1. The van der Waals surface area contributed by atoms with Gasteiger partial charge in [-0.3, -0.25) is 19.8 Å². The Morgan fingerprint density at radius 1 is 1.06 bits per heavy atom. The maximum Gasteiger partial charge on any atom is 0.262 e. The number of thiazole rings is 1. The van der Waals surface area contributed by atoms with Crippen LogP contribution < -0.4 is 10.0 Å². The van der Waals surface area contributed by atoms with Crippen molar-refractivity contribution in [3.63, 3.8) is 0 Å². The molecule has 0 saturated carbocycles. The molecule has 0 spiro atoms. The Labute approximate surface area is 188 Å². The van der Waals surface area contributed by atoms with Crippen molar-refractivity contribution in [2.75, 3.05) is 10.0 Å². The number of hydrogen-bond acceptors (Lipinski definition) is 7. The molecule has 1 amide bonds. The van der Waals surface area contributed by atoms with E-state index < -0.39 is 15.9 Å². The predicted octanol–water partition coefficient (Wildman–Crippen LogP) is 4.13. The van der Waals surface area contributed by atoms with Crippen LogP contribution in [0.1, 0.15) is 15.9 Å². The SMILES string of the molecule is N#Cc1cccc(S(=O)(=O)Nc2cnccc2C(=O)Nc2nc(-c3ccccc3)cs2)c1. The summed E-state index contributed by atoms with van der Waals surface area (Å²) in [5.41, 5.74) is 1.93. The Bertz CT molecular complexity index is 1430. The molecule has 0 aliphatic heterocycles. The quantitative estimate of drug-likeness (QED) is 0.445. The normalized spacial score (nSPS) is 10.8. The zero-order valence-electron chi connectivity index (χ0n) is 16.4. The Balaban J connectivity index is 1.56. The number of pyridine rings is 1. The Morgan fingerprint density at radius 2 is 1.88 bits per heavy atom. The van der Waals surface area contributed by atoms with Gasteiger partial charge in [0.15, 0.2) is 5.13 Å². The van der Waals surface area contributed by atoms with Crippen molar-refractivity contribution in [3.05, 3.63) is 89.6 Å². The van der Waals surface area contributed by atoms with Gasteiger partial charge in [-0.05, 0) is 24.3 Å². The number of benzene rings is 2. The largest absolute Gasteiger partial charge is 0.298 e. The van der Waals surface area contributed by atoms with Crippen molar-refractivity contribution in [1.29, 1.82) is 5.26 Å². The zero-order chi connectivity index (χ0) is 22.6. The third kappa shape index (κ3) is 4.64. The van der Waals surface area contributed by atoms with Gasteiger partial charge in [0.05, 0.1) is 39.7 Å². The molecular weight excluding hydrogens is 446 g/mol. The molecular formula is C22H15N5O3S2. The van der Waals surface area contributed by atoms with E-state index in [4.69, 9.17) is 5.26 Å². The summed E-state index contributed by atoms with van der Waals surface area (Å²) in [6, 6.07) is 18.4. The Hall–Kier alpha value is -4.07. The van der Waals surface area contributed by atoms with Crippen LogP contribution in [0.3, 0.4) is 0 Å². The van der Waals surface area contributed by atoms with Gasteiger partial charge in [-0.25, -0.2) is 13.4 Å². The molecule has 0 bridgehead atoms. The summed E-state index contributed by atoms with van der Waals surface area (Å²) in [5, 5.41) is 13.9. The Kier molecular flexibility index (Phi) is 5.93. The van der Waals surface area contributed by atoms with E-state index in [0.29, 0.717) is 5.13 Å². The molecule has 0 radical (unpaired) electrons. The number of carbonyl (C=O) groups is 1. The summed E-state index contributed by atoms with van der Waals surface area (Å²) in [7, 11) is -4.04. The first-order valence-corrected chi connectivity index (χ1v) is 11.6. The van der Waals surface area contributed by atoms with Crippen LogP contribution in [0.25, 0.3) is 11.3 Å². The van der Waals surface area contributed by atoms with Crippen LogP contribution in [-0.4, -0.2) is 24.3 Å². The second-order valence-corrected chi connectivity index (χ2v) is 9.06. The van der Waals surface area contributed by atoms with Crippen LogP contribution >= 0.6 is 11.3 Å². The third-order valence-corrected chi connectivity index (χ3v) is 6.50. The number of amides is 1. The second kappa shape index (κ2) is 8.97. The van der Waals surface area contributed by atoms with Gasteiger partial charge in [-0.1, -0.05) is 36.4 Å². The van der Waals surface area contributed by atoms with Gasteiger partial charge in [0.1, 0.15) is 0 Å². The van der Waals surface area contributed by atoms with E-state index >= 15 is 0 Å². The lowest BCUT2D eigenvalue weighted by atomic mass is 10.2. The highest BCUT2D eigenvalue weighted by atomic mass is 32.2. The van der Waals surface area contributed by atoms with Crippen LogP contribution in [-0.2, 0) is 10.0 Å². The monoisotopic (exact) mass is 461 g/mol. The highest BCUT2D eigenvalue weighted by molar-refractivity contribution is 7.92. The van der Waals surface area contributed by atoms with E-state index in [1.807, 2.05) is 41.8 Å². The maximum absolute atomic E-state index is 12.9. The number of nitriles is 1. The van der Waals surface area contributed by atoms with Gasteiger partial charge in [-0.2, -0.15) is 5.26 Å². The molecule has 10 heteroatoms. The summed E-state index contributed by atoms with van der Waals surface area (Å²) in [4.78, 5) is 21.1. The first-order valence-electron chi connectivity index (χ1n) is 9.25. The van der Waals surface area contributed by atoms with Crippen molar-refractivity contribution < 1.29 is 13.2 Å². The number of rotatable bonds is 6. The molecule has 0 atom stereocenters. The van der Waals surface area contributed by atoms with E-state index in [-0.39, 0.29) is 21.7 Å². The van der Waals surface area contributed by atoms with Crippen molar-refractivity contribution >= 4 is 38.1 Å². The molecule has 0 unspecified atom stereocenters. The van der Waals surface area contributed by atoms with Crippen LogP contribution in [0.15, 0.2) is 83.3 Å². The second-order valence-electron chi connectivity index (χ2n) is 6.52. The van der Waals surface area contributed by atoms with Crippen LogP contribution in [0, 0.1) is 11.3 Å². The summed E-state index contributed by atoms with van der Waals surface area (Å²) in [6.45, 7) is 0. The highest BCUT2D eigenvalue weighted by Crippen LogP contribution is 2.26. The van der Waals surface area contributed by atoms with Crippen LogP contribution in [0.2, 0.25) is 0 Å². The Morgan fingerprint density at radius 3 is 2.66 bits per heavy atom. The lowest BCUT2D eigenvalue weighted by Gasteiger charge is -2.12. The van der Waals surface area contributed by atoms with E-state index in [1.54, 1.807) is 0 Å². The number of nitrogens with one attached hydrogen (secondary N) is 2. The number of sulfonamides is 1. The molecule has 0 aliphatic carbocycles. The summed E-state index contributed by atoms with van der Waals surface area (Å²) < 4.78 is 27.9. The molecule has 2 N–H and O–H groups in total. The molecule has 2 heterocycles. The van der Waals surface area contributed by atoms with E-state index in [1.165, 1.54) is 54.1 Å². The van der Waals surface area contributed by atoms with Crippen LogP contribution in [0.4, 0.5) is 10.8 Å². The van der Waals surface area contributed by atoms with Crippen molar-refractivity contribution in [1.82, 2.24) is 9.97 Å². The fourth-order valence-corrected chi connectivity index (χ4v) is 4.67. The summed E-state index contributed by atoms with van der Waals surface area (Å²) in [6.07, 6.45) is 2.64. The fourth-order valence-electron chi connectivity index (χ4n) is 2.85. The van der Waals surface area contributed by atoms with E-state index in [9.17, 15) is 13.2 Å². The van der Waals surface area contributed by atoms with Crippen molar-refractivity contribution in [2.45, 2.75) is 4.90 Å². The van der Waals surface area contributed by atoms with Crippen LogP contribution in [0.5, 0.6) is 0 Å². The minimum atomic E-state index is -4.04. The number of hydrogen-bond donors (Lipinski definition) is 2. The predicted molar refractivity (Wildman–Crippen MR) is 122 cm³/mol. The van der Waals surface area contributed by atoms with Crippen molar-refractivity contribution in [2.24, 2.45) is 0 Å². The first kappa shape index (κ1) is 21.2.